The van der Waals surface area contributed by atoms with E-state index < -0.39 is 5.41 Å². The molecule has 0 spiro atoms. The fourth-order valence-electron chi connectivity index (χ4n) is 2.94. The second-order valence-electron chi connectivity index (χ2n) is 6.36. The molecule has 4 heteroatoms. The van der Waals surface area contributed by atoms with Crippen LogP contribution >= 0.6 is 12.2 Å². The van der Waals surface area contributed by atoms with Crippen LogP contribution in [0.4, 0.5) is 0 Å². The van der Waals surface area contributed by atoms with E-state index in [1.807, 2.05) is 55.5 Å². The van der Waals surface area contributed by atoms with Crippen molar-refractivity contribution in [2.45, 2.75) is 26.5 Å². The van der Waals surface area contributed by atoms with Gasteiger partial charge in [0, 0.05) is 13.1 Å². The molecule has 2 aromatic rings. The molecule has 1 aliphatic rings. The van der Waals surface area contributed by atoms with Gasteiger partial charge in [-0.25, -0.2) is 0 Å². The highest BCUT2D eigenvalue weighted by atomic mass is 32.1. The van der Waals surface area contributed by atoms with Gasteiger partial charge in [0.15, 0.2) is 0 Å². The third-order valence-corrected chi connectivity index (χ3v) is 5.23. The summed E-state index contributed by atoms with van der Waals surface area (Å²) in [7, 11) is 0. The van der Waals surface area contributed by atoms with E-state index >= 15 is 0 Å². The summed E-state index contributed by atoms with van der Waals surface area (Å²) >= 11 is 5.61. The summed E-state index contributed by atoms with van der Waals surface area (Å²) in [5.74, 6) is -0.230. The molecule has 0 unspecified atom stereocenters. The predicted molar refractivity (Wildman–Crippen MR) is 98.4 cm³/mol. The molecule has 0 N–H and O–H groups in total. The van der Waals surface area contributed by atoms with Gasteiger partial charge in [0.25, 0.3) is 0 Å². The third-order valence-electron chi connectivity index (χ3n) is 4.52. The van der Waals surface area contributed by atoms with Crippen molar-refractivity contribution in [2.75, 3.05) is 6.54 Å². The molecule has 1 heterocycles. The Hall–Kier alpha value is -2.20. The molecule has 0 aromatic heterocycles. The Balaban J connectivity index is 1.62. The first kappa shape index (κ1) is 16.7. The van der Waals surface area contributed by atoms with Crippen molar-refractivity contribution < 1.29 is 9.53 Å². The first-order valence-corrected chi connectivity index (χ1v) is 8.55. The number of ether oxygens (including phenoxy) is 1. The Morgan fingerprint density at radius 1 is 1.08 bits per heavy atom. The molecular formula is C20H21NO2S. The van der Waals surface area contributed by atoms with Crippen LogP contribution in [0.3, 0.4) is 0 Å². The van der Waals surface area contributed by atoms with Gasteiger partial charge in [0.1, 0.15) is 12.0 Å². The lowest BCUT2D eigenvalue weighted by Gasteiger charge is -2.25. The quantitative estimate of drug-likeness (QED) is 0.609. The minimum absolute atomic E-state index is 0.230. The van der Waals surface area contributed by atoms with Gasteiger partial charge in [-0.1, -0.05) is 72.9 Å². The lowest BCUT2D eigenvalue weighted by atomic mass is 9.90. The number of nitrogens with zero attached hydrogens (tertiary/aromatic N) is 1. The maximum atomic E-state index is 12.6. The van der Waals surface area contributed by atoms with Crippen LogP contribution in [0.5, 0.6) is 0 Å². The largest absolute Gasteiger partial charge is 0.460 e. The molecule has 0 bridgehead atoms. The topological polar surface area (TPSA) is 29.5 Å². The van der Waals surface area contributed by atoms with Gasteiger partial charge < -0.3 is 9.64 Å². The van der Waals surface area contributed by atoms with E-state index in [1.54, 1.807) is 0 Å². The van der Waals surface area contributed by atoms with Crippen LogP contribution in [0, 0.1) is 5.41 Å². The molecule has 2 aromatic carbocycles. The standard InChI is InChI=1S/C20H21NO2S/c1-20(19(22)23-15-17-10-6-3-7-11-17)12-13-21(18(20)24)14-16-8-4-2-5-9-16/h2-11H,12-15H2,1H3/t20-/m1/s1. The van der Waals surface area contributed by atoms with E-state index in [9.17, 15) is 4.79 Å². The zero-order valence-electron chi connectivity index (χ0n) is 13.8. The molecule has 24 heavy (non-hydrogen) atoms. The number of carbonyl (C=O) groups is 1. The predicted octanol–water partition coefficient (Wildman–Crippen LogP) is 3.97. The number of hydrogen-bond acceptors (Lipinski definition) is 3. The number of benzene rings is 2. The minimum atomic E-state index is -0.709. The van der Waals surface area contributed by atoms with Crippen molar-refractivity contribution in [3.8, 4) is 0 Å². The number of thiocarbonyl (C=S) groups is 1. The summed E-state index contributed by atoms with van der Waals surface area (Å²) in [5, 5.41) is 0. The zero-order chi connectivity index (χ0) is 17.0. The van der Waals surface area contributed by atoms with Crippen LogP contribution in [-0.4, -0.2) is 22.4 Å². The first-order valence-electron chi connectivity index (χ1n) is 8.14. The van der Waals surface area contributed by atoms with E-state index in [2.05, 4.69) is 17.0 Å². The van der Waals surface area contributed by atoms with Crippen molar-refractivity contribution in [1.82, 2.24) is 4.90 Å². The number of likely N-dealkylation sites (tertiary alicyclic amines) is 1. The van der Waals surface area contributed by atoms with Gasteiger partial charge in [-0.2, -0.15) is 0 Å². The SMILES string of the molecule is C[C@@]1(C(=O)OCc2ccccc2)CCN(Cc2ccccc2)C1=S. The van der Waals surface area contributed by atoms with Crippen LogP contribution in [0.2, 0.25) is 0 Å². The highest BCUT2D eigenvalue weighted by Crippen LogP contribution is 2.35. The zero-order valence-corrected chi connectivity index (χ0v) is 14.6. The van der Waals surface area contributed by atoms with Crippen LogP contribution in [0.1, 0.15) is 24.5 Å². The van der Waals surface area contributed by atoms with Crippen molar-refractivity contribution in [1.29, 1.82) is 0 Å². The van der Waals surface area contributed by atoms with Gasteiger partial charge >= 0.3 is 5.97 Å². The van der Waals surface area contributed by atoms with E-state index in [0.29, 0.717) is 11.4 Å². The molecule has 1 fully saturated rings. The van der Waals surface area contributed by atoms with E-state index in [4.69, 9.17) is 17.0 Å². The fraction of sp³-hybridized carbons (Fsp3) is 0.300. The Morgan fingerprint density at radius 3 is 2.29 bits per heavy atom. The average molecular weight is 339 g/mol. The van der Waals surface area contributed by atoms with Crippen molar-refractivity contribution in [2.24, 2.45) is 5.41 Å². The lowest BCUT2D eigenvalue weighted by Crippen LogP contribution is -2.37. The molecule has 3 nitrogen and oxygen atoms in total. The fourth-order valence-corrected chi connectivity index (χ4v) is 3.28. The summed E-state index contributed by atoms with van der Waals surface area (Å²) < 4.78 is 5.53. The molecule has 3 rings (SSSR count). The number of carbonyl (C=O) groups excluding carboxylic acids is 1. The minimum Gasteiger partial charge on any atom is -0.460 e. The molecule has 1 aliphatic heterocycles. The molecule has 1 saturated heterocycles. The molecular weight excluding hydrogens is 318 g/mol. The lowest BCUT2D eigenvalue weighted by molar-refractivity contribution is -0.152. The van der Waals surface area contributed by atoms with Crippen LogP contribution in [-0.2, 0) is 22.7 Å². The number of esters is 1. The smallest absolute Gasteiger partial charge is 0.319 e. The van der Waals surface area contributed by atoms with Gasteiger partial charge in [-0.05, 0) is 24.5 Å². The molecule has 0 aliphatic carbocycles. The summed E-state index contributed by atoms with van der Waals surface area (Å²) in [6.07, 6.45) is 0.701. The number of hydrogen-bond donors (Lipinski definition) is 0. The van der Waals surface area contributed by atoms with E-state index in [1.165, 1.54) is 5.56 Å². The Bertz CT molecular complexity index is 717. The molecule has 124 valence electrons. The number of rotatable bonds is 5. The normalized spacial score (nSPS) is 20.2. The average Bonchev–Trinajstić information content (AvgIpc) is 2.91. The van der Waals surface area contributed by atoms with Crippen LogP contribution < -0.4 is 0 Å². The summed E-state index contributed by atoms with van der Waals surface area (Å²) in [6.45, 7) is 3.70. The maximum Gasteiger partial charge on any atom is 0.319 e. The van der Waals surface area contributed by atoms with Crippen molar-refractivity contribution >= 4 is 23.2 Å². The van der Waals surface area contributed by atoms with Crippen LogP contribution in [0.25, 0.3) is 0 Å². The second kappa shape index (κ2) is 7.14. The van der Waals surface area contributed by atoms with Gasteiger partial charge in [-0.3, -0.25) is 4.79 Å². The van der Waals surface area contributed by atoms with Gasteiger partial charge in [0.05, 0.1) is 4.99 Å². The third kappa shape index (κ3) is 3.49. The Labute approximate surface area is 148 Å². The summed E-state index contributed by atoms with van der Waals surface area (Å²) in [6, 6.07) is 19.9. The summed E-state index contributed by atoms with van der Waals surface area (Å²) in [4.78, 5) is 15.4. The second-order valence-corrected chi connectivity index (χ2v) is 6.74. The van der Waals surface area contributed by atoms with Crippen molar-refractivity contribution in [3.05, 3.63) is 71.8 Å². The van der Waals surface area contributed by atoms with E-state index in [-0.39, 0.29) is 12.6 Å². The highest BCUT2D eigenvalue weighted by molar-refractivity contribution is 7.80. The Morgan fingerprint density at radius 2 is 1.67 bits per heavy atom. The summed E-state index contributed by atoms with van der Waals surface area (Å²) in [5.41, 5.74) is 1.47. The molecule has 0 saturated carbocycles. The molecule has 0 radical (unpaired) electrons. The Kier molecular flexibility index (Phi) is 4.95. The van der Waals surface area contributed by atoms with E-state index in [0.717, 1.165) is 18.7 Å². The molecule has 1 atom stereocenters. The van der Waals surface area contributed by atoms with Gasteiger partial charge in [-0.15, -0.1) is 0 Å². The monoisotopic (exact) mass is 339 g/mol. The van der Waals surface area contributed by atoms with Crippen molar-refractivity contribution in [3.63, 3.8) is 0 Å². The van der Waals surface area contributed by atoms with Gasteiger partial charge in [0.2, 0.25) is 0 Å². The van der Waals surface area contributed by atoms with Crippen LogP contribution in [0.15, 0.2) is 60.7 Å². The highest BCUT2D eigenvalue weighted by Gasteiger charge is 2.46. The maximum absolute atomic E-state index is 12.6. The molecule has 0 amide bonds. The first-order chi connectivity index (χ1) is 11.6.